The van der Waals surface area contributed by atoms with Crippen molar-refractivity contribution in [1.82, 2.24) is 5.32 Å². The molecular formula is C16H25NO2. The minimum absolute atomic E-state index is 0.121. The fourth-order valence-electron chi connectivity index (χ4n) is 1.78. The molecule has 0 bridgehead atoms. The number of hydrogen-bond donors (Lipinski definition) is 1. The topological polar surface area (TPSA) is 38.3 Å². The molecule has 0 radical (unpaired) electrons. The fourth-order valence-corrected chi connectivity index (χ4v) is 1.78. The Hall–Kier alpha value is -1.35. The van der Waals surface area contributed by atoms with E-state index in [4.69, 9.17) is 4.74 Å². The van der Waals surface area contributed by atoms with Gasteiger partial charge in [0.05, 0.1) is 0 Å². The number of unbranched alkanes of at least 4 members (excludes halogenated alkanes) is 1. The SMILES string of the molecule is CNCCCCC(=O)Oc1ccc(C(C)(C)C)cc1. The number of ether oxygens (including phenoxy) is 1. The van der Waals surface area contributed by atoms with Crippen LogP contribution in [0.25, 0.3) is 0 Å². The molecule has 0 aromatic heterocycles. The van der Waals surface area contributed by atoms with Gasteiger partial charge in [-0.2, -0.15) is 0 Å². The maximum absolute atomic E-state index is 11.6. The first-order chi connectivity index (χ1) is 8.93. The molecule has 0 heterocycles. The molecule has 1 rings (SSSR count). The van der Waals surface area contributed by atoms with Crippen LogP contribution in [0.4, 0.5) is 0 Å². The van der Waals surface area contributed by atoms with E-state index < -0.39 is 0 Å². The maximum Gasteiger partial charge on any atom is 0.311 e. The molecular weight excluding hydrogens is 238 g/mol. The second kappa shape index (κ2) is 7.29. The lowest BCUT2D eigenvalue weighted by atomic mass is 9.87. The second-order valence-corrected chi connectivity index (χ2v) is 5.81. The quantitative estimate of drug-likeness (QED) is 0.486. The van der Waals surface area contributed by atoms with Crippen LogP contribution >= 0.6 is 0 Å². The van der Waals surface area contributed by atoms with E-state index in [0.29, 0.717) is 12.2 Å². The van der Waals surface area contributed by atoms with Gasteiger partial charge in [0.25, 0.3) is 0 Å². The molecule has 1 aromatic rings. The average Bonchev–Trinajstić information content (AvgIpc) is 2.34. The van der Waals surface area contributed by atoms with E-state index in [1.807, 2.05) is 31.3 Å². The van der Waals surface area contributed by atoms with E-state index in [2.05, 4.69) is 26.1 Å². The summed E-state index contributed by atoms with van der Waals surface area (Å²) in [6.07, 6.45) is 2.33. The van der Waals surface area contributed by atoms with Crippen molar-refractivity contribution < 1.29 is 9.53 Å². The zero-order valence-corrected chi connectivity index (χ0v) is 12.5. The highest BCUT2D eigenvalue weighted by atomic mass is 16.5. The average molecular weight is 263 g/mol. The zero-order chi connectivity index (χ0) is 14.3. The molecule has 0 saturated heterocycles. The Kier molecular flexibility index (Phi) is 6.03. The molecule has 3 nitrogen and oxygen atoms in total. The largest absolute Gasteiger partial charge is 0.427 e. The summed E-state index contributed by atoms with van der Waals surface area (Å²) in [6.45, 7) is 7.43. The number of esters is 1. The number of hydrogen-bond acceptors (Lipinski definition) is 3. The predicted molar refractivity (Wildman–Crippen MR) is 78.6 cm³/mol. The number of carbonyl (C=O) groups excluding carboxylic acids is 1. The van der Waals surface area contributed by atoms with Crippen LogP contribution in [0.1, 0.15) is 45.6 Å². The van der Waals surface area contributed by atoms with Crippen molar-refractivity contribution >= 4 is 5.97 Å². The van der Waals surface area contributed by atoms with E-state index >= 15 is 0 Å². The summed E-state index contributed by atoms with van der Waals surface area (Å²) in [7, 11) is 1.91. The molecule has 1 aromatic carbocycles. The third-order valence-electron chi connectivity index (χ3n) is 3.01. The predicted octanol–water partition coefficient (Wildman–Crippen LogP) is 3.28. The van der Waals surface area contributed by atoms with Gasteiger partial charge in [-0.3, -0.25) is 4.79 Å². The van der Waals surface area contributed by atoms with Crippen molar-refractivity contribution in [2.45, 2.75) is 45.4 Å². The fraction of sp³-hybridized carbons (Fsp3) is 0.562. The lowest BCUT2D eigenvalue weighted by Crippen LogP contribution is -2.12. The van der Waals surface area contributed by atoms with Crippen molar-refractivity contribution in [1.29, 1.82) is 0 Å². The van der Waals surface area contributed by atoms with Gasteiger partial charge >= 0.3 is 5.97 Å². The van der Waals surface area contributed by atoms with E-state index in [0.717, 1.165) is 19.4 Å². The van der Waals surface area contributed by atoms with Gasteiger partial charge in [-0.05, 0) is 49.5 Å². The summed E-state index contributed by atoms with van der Waals surface area (Å²) in [5.74, 6) is 0.478. The normalized spacial score (nSPS) is 11.4. The number of rotatable bonds is 6. The van der Waals surface area contributed by atoms with Gasteiger partial charge in [-0.1, -0.05) is 32.9 Å². The van der Waals surface area contributed by atoms with Gasteiger partial charge in [0, 0.05) is 6.42 Å². The molecule has 0 amide bonds. The minimum atomic E-state index is -0.153. The smallest absolute Gasteiger partial charge is 0.311 e. The highest BCUT2D eigenvalue weighted by Crippen LogP contribution is 2.24. The molecule has 0 spiro atoms. The molecule has 106 valence electrons. The van der Waals surface area contributed by atoms with Crippen LogP contribution in [0.5, 0.6) is 5.75 Å². The molecule has 0 aliphatic heterocycles. The Bertz CT molecular complexity index is 390. The first-order valence-corrected chi connectivity index (χ1v) is 6.89. The Morgan fingerprint density at radius 2 is 1.79 bits per heavy atom. The van der Waals surface area contributed by atoms with Gasteiger partial charge in [0.2, 0.25) is 0 Å². The van der Waals surface area contributed by atoms with Gasteiger partial charge in [-0.15, -0.1) is 0 Å². The van der Waals surface area contributed by atoms with E-state index in [1.165, 1.54) is 5.56 Å². The van der Waals surface area contributed by atoms with Crippen LogP contribution in [-0.4, -0.2) is 19.6 Å². The Morgan fingerprint density at radius 1 is 1.16 bits per heavy atom. The first-order valence-electron chi connectivity index (χ1n) is 6.89. The molecule has 0 saturated carbocycles. The molecule has 1 N–H and O–H groups in total. The van der Waals surface area contributed by atoms with Crippen molar-refractivity contribution in [3.63, 3.8) is 0 Å². The summed E-state index contributed by atoms with van der Waals surface area (Å²) in [5.41, 5.74) is 1.36. The molecule has 0 unspecified atom stereocenters. The van der Waals surface area contributed by atoms with Crippen LogP contribution in [0.15, 0.2) is 24.3 Å². The van der Waals surface area contributed by atoms with Gasteiger partial charge < -0.3 is 10.1 Å². The number of benzene rings is 1. The van der Waals surface area contributed by atoms with Gasteiger partial charge in [0.1, 0.15) is 5.75 Å². The highest BCUT2D eigenvalue weighted by molar-refractivity contribution is 5.72. The molecule has 19 heavy (non-hydrogen) atoms. The monoisotopic (exact) mass is 263 g/mol. The summed E-state index contributed by atoms with van der Waals surface area (Å²) in [5, 5.41) is 3.06. The van der Waals surface area contributed by atoms with Crippen LogP contribution in [0, 0.1) is 0 Å². The summed E-state index contributed by atoms with van der Waals surface area (Å²) >= 11 is 0. The van der Waals surface area contributed by atoms with Gasteiger partial charge in [0.15, 0.2) is 0 Å². The highest BCUT2D eigenvalue weighted by Gasteiger charge is 2.13. The minimum Gasteiger partial charge on any atom is -0.427 e. The lowest BCUT2D eigenvalue weighted by molar-refractivity contribution is -0.134. The standard InChI is InChI=1S/C16H25NO2/c1-16(2,3)13-8-10-14(11-9-13)19-15(18)7-5-6-12-17-4/h8-11,17H,5-7,12H2,1-4H3. The Balaban J connectivity index is 2.43. The molecule has 0 aliphatic carbocycles. The van der Waals surface area contributed by atoms with Crippen LogP contribution in [0.3, 0.4) is 0 Å². The van der Waals surface area contributed by atoms with Crippen LogP contribution < -0.4 is 10.1 Å². The number of nitrogens with one attached hydrogen (secondary N) is 1. The van der Waals surface area contributed by atoms with Gasteiger partial charge in [-0.25, -0.2) is 0 Å². The summed E-state index contributed by atoms with van der Waals surface area (Å²) in [4.78, 5) is 11.6. The molecule has 3 heteroatoms. The van der Waals surface area contributed by atoms with Crippen LogP contribution in [0.2, 0.25) is 0 Å². The van der Waals surface area contributed by atoms with E-state index in [9.17, 15) is 4.79 Å². The molecule has 0 aliphatic rings. The molecule has 0 atom stereocenters. The van der Waals surface area contributed by atoms with E-state index in [-0.39, 0.29) is 11.4 Å². The Morgan fingerprint density at radius 3 is 2.32 bits per heavy atom. The molecule has 0 fully saturated rings. The summed E-state index contributed by atoms with van der Waals surface area (Å²) < 4.78 is 5.30. The van der Waals surface area contributed by atoms with Crippen molar-refractivity contribution in [2.75, 3.05) is 13.6 Å². The summed E-state index contributed by atoms with van der Waals surface area (Å²) in [6, 6.07) is 7.77. The lowest BCUT2D eigenvalue weighted by Gasteiger charge is -2.18. The number of carbonyl (C=O) groups is 1. The third kappa shape index (κ3) is 5.88. The van der Waals surface area contributed by atoms with Crippen molar-refractivity contribution in [3.05, 3.63) is 29.8 Å². The maximum atomic E-state index is 11.6. The second-order valence-electron chi connectivity index (χ2n) is 5.81. The first kappa shape index (κ1) is 15.7. The van der Waals surface area contributed by atoms with Crippen LogP contribution in [-0.2, 0) is 10.2 Å². The zero-order valence-electron chi connectivity index (χ0n) is 12.5. The third-order valence-corrected chi connectivity index (χ3v) is 3.01. The van der Waals surface area contributed by atoms with E-state index in [1.54, 1.807) is 0 Å². The van der Waals surface area contributed by atoms with Crippen molar-refractivity contribution in [2.24, 2.45) is 0 Å². The van der Waals surface area contributed by atoms with Crippen molar-refractivity contribution in [3.8, 4) is 5.75 Å². The Labute approximate surface area is 116 Å².